The van der Waals surface area contributed by atoms with E-state index in [1.165, 1.54) is 17.4 Å². The van der Waals surface area contributed by atoms with E-state index >= 15 is 0 Å². The predicted octanol–water partition coefficient (Wildman–Crippen LogP) is 6.62. The molecule has 0 aliphatic heterocycles. The number of ether oxygens (including phenoxy) is 2. The van der Waals surface area contributed by atoms with Gasteiger partial charge in [0.15, 0.2) is 5.43 Å². The van der Waals surface area contributed by atoms with Crippen molar-refractivity contribution in [3.05, 3.63) is 81.8 Å². The minimum atomic E-state index is -0.666. The highest BCUT2D eigenvalue weighted by molar-refractivity contribution is 6.31. The van der Waals surface area contributed by atoms with E-state index in [9.17, 15) is 14.4 Å². The van der Waals surface area contributed by atoms with E-state index in [-0.39, 0.29) is 23.5 Å². The number of halogens is 1. The number of hydrogen-bond donors (Lipinski definition) is 0. The molecule has 2 heterocycles. The van der Waals surface area contributed by atoms with Crippen molar-refractivity contribution in [2.24, 2.45) is 0 Å². The number of para-hydroxylation sites is 1. The molecule has 2 aromatic carbocycles. The van der Waals surface area contributed by atoms with Crippen molar-refractivity contribution in [2.45, 2.75) is 59.3 Å². The first-order valence-electron chi connectivity index (χ1n) is 12.6. The van der Waals surface area contributed by atoms with E-state index in [4.69, 9.17) is 20.8 Å². The third-order valence-electron chi connectivity index (χ3n) is 5.38. The highest BCUT2D eigenvalue weighted by atomic mass is 35.5. The molecule has 0 aliphatic rings. The van der Waals surface area contributed by atoms with Gasteiger partial charge in [0.05, 0.1) is 18.3 Å². The maximum atomic E-state index is 13.7. The van der Waals surface area contributed by atoms with Crippen molar-refractivity contribution in [2.75, 3.05) is 7.05 Å². The van der Waals surface area contributed by atoms with Crippen molar-refractivity contribution in [3.63, 3.8) is 0 Å². The van der Waals surface area contributed by atoms with Gasteiger partial charge < -0.3 is 23.4 Å². The van der Waals surface area contributed by atoms with Crippen LogP contribution in [0.25, 0.3) is 28.2 Å². The van der Waals surface area contributed by atoms with E-state index in [1.807, 2.05) is 55.7 Å². The van der Waals surface area contributed by atoms with E-state index in [0.29, 0.717) is 33.7 Å². The van der Waals surface area contributed by atoms with Crippen LogP contribution in [-0.2, 0) is 20.8 Å². The number of fused-ring (bicyclic) bond motifs is 1. The first-order chi connectivity index (χ1) is 18.7. The molecule has 4 rings (SSSR count). The van der Waals surface area contributed by atoms with Crippen LogP contribution in [0.5, 0.6) is 0 Å². The van der Waals surface area contributed by atoms with E-state index in [2.05, 4.69) is 9.72 Å². The first kappa shape index (κ1) is 30.4. The Labute approximate surface area is 238 Å². The van der Waals surface area contributed by atoms with E-state index in [1.54, 1.807) is 46.0 Å². The predicted molar refractivity (Wildman–Crippen MR) is 155 cm³/mol. The smallest absolute Gasteiger partial charge is 0.410 e. The Morgan fingerprint density at radius 2 is 1.75 bits per heavy atom. The molecule has 0 N–H and O–H groups in total. The fourth-order valence-electron chi connectivity index (χ4n) is 3.75. The third kappa shape index (κ3) is 7.72. The maximum absolute atomic E-state index is 13.7. The van der Waals surface area contributed by atoms with Crippen LogP contribution in [0.2, 0.25) is 5.02 Å². The molecule has 0 unspecified atom stereocenters. The average molecular weight is 568 g/mol. The van der Waals surface area contributed by atoms with Crippen molar-refractivity contribution >= 4 is 35.1 Å². The number of aromatic nitrogens is 2. The number of pyridine rings is 1. The maximum Gasteiger partial charge on any atom is 0.410 e. The second kappa shape index (κ2) is 12.4. The molecule has 9 nitrogen and oxygen atoms in total. The van der Waals surface area contributed by atoms with E-state index in [0.717, 1.165) is 5.69 Å². The average Bonchev–Trinajstić information content (AvgIpc) is 3.39. The number of carbonyl (C=O) groups is 2. The van der Waals surface area contributed by atoms with Gasteiger partial charge in [-0.2, -0.15) is 0 Å². The number of oxazole rings is 1. The zero-order chi connectivity index (χ0) is 29.7. The molecule has 40 heavy (non-hydrogen) atoms. The van der Waals surface area contributed by atoms with Gasteiger partial charge in [0, 0.05) is 28.7 Å². The van der Waals surface area contributed by atoms with Crippen LogP contribution in [0.1, 0.15) is 47.1 Å². The van der Waals surface area contributed by atoms with Crippen LogP contribution in [0.15, 0.2) is 70.2 Å². The Morgan fingerprint density at radius 1 is 1.07 bits per heavy atom. The van der Waals surface area contributed by atoms with Gasteiger partial charge in [-0.1, -0.05) is 29.8 Å². The van der Waals surface area contributed by atoms with Crippen molar-refractivity contribution in [1.82, 2.24) is 14.5 Å². The molecule has 0 bridgehead atoms. The van der Waals surface area contributed by atoms with Gasteiger partial charge in [-0.15, -0.1) is 0 Å². The lowest BCUT2D eigenvalue weighted by molar-refractivity contribution is -0.138. The lowest BCUT2D eigenvalue weighted by atomic mass is 10.1. The largest absolute Gasteiger partial charge is 0.462 e. The third-order valence-corrected chi connectivity index (χ3v) is 5.62. The van der Waals surface area contributed by atoms with Gasteiger partial charge in [-0.05, 0) is 71.9 Å². The number of rotatable bonds is 5. The number of carbonyl (C=O) groups excluding carboxylic acids is 2. The van der Waals surface area contributed by atoms with Crippen LogP contribution in [0, 0.1) is 0 Å². The van der Waals surface area contributed by atoms with Crippen molar-refractivity contribution in [3.8, 4) is 17.3 Å². The Hall–Kier alpha value is -4.11. The molecule has 0 fully saturated rings. The van der Waals surface area contributed by atoms with E-state index < -0.39 is 11.7 Å². The Morgan fingerprint density at radius 3 is 2.27 bits per heavy atom. The topological polar surface area (TPSA) is 104 Å². The Kier molecular flexibility index (Phi) is 9.42. The lowest BCUT2D eigenvalue weighted by Gasteiger charge is -2.26. The molecule has 0 atom stereocenters. The zero-order valence-corrected chi connectivity index (χ0v) is 24.5. The molecule has 1 amide bonds. The van der Waals surface area contributed by atoms with Crippen molar-refractivity contribution in [1.29, 1.82) is 0 Å². The molecule has 212 valence electrons. The molecule has 0 saturated carbocycles. The summed E-state index contributed by atoms with van der Waals surface area (Å²) in [5.74, 6) is 0.255. The van der Waals surface area contributed by atoms with Gasteiger partial charge in [-0.3, -0.25) is 9.59 Å². The summed E-state index contributed by atoms with van der Waals surface area (Å²) in [7, 11) is 1.59. The van der Waals surface area contributed by atoms with Gasteiger partial charge in [0.2, 0.25) is 5.89 Å². The molecule has 2 aromatic heterocycles. The summed E-state index contributed by atoms with van der Waals surface area (Å²) in [4.78, 5) is 41.6. The van der Waals surface area contributed by atoms with Gasteiger partial charge >= 0.3 is 6.09 Å². The highest BCUT2D eigenvalue weighted by Crippen LogP contribution is 2.31. The molecule has 0 aliphatic carbocycles. The molecule has 10 heteroatoms. The summed E-state index contributed by atoms with van der Waals surface area (Å²) in [5, 5.41) is 0.953. The SMILES string of the molecule is CC(C)(C)OC=O.CN(Cc1c(-c2ncco2)n(-c2ccccc2)c2cc(Cl)ccc2c1=O)C(=O)OC(C)(C)C. The quantitative estimate of drug-likeness (QED) is 0.249. The molecule has 0 radical (unpaired) electrons. The summed E-state index contributed by atoms with van der Waals surface area (Å²) in [6.07, 6.45) is 2.42. The molecule has 4 aromatic rings. The lowest BCUT2D eigenvalue weighted by Crippen LogP contribution is -2.35. The standard InChI is InChI=1S/C25H24ClN3O4.C5H10O2/c1-25(2,3)33-24(31)28(4)15-19-21(23-27-12-13-32-23)29(17-8-6-5-7-9-17)20-14-16(26)10-11-18(20)22(19)30;1-5(2,3)7-4-6/h5-14H,15H2,1-4H3;4H,1-3H3. The molecule has 0 spiro atoms. The van der Waals surface area contributed by atoms with Crippen LogP contribution < -0.4 is 5.43 Å². The minimum Gasteiger partial charge on any atom is -0.462 e. The molecular formula is C30H34ClN3O6. The second-order valence-electron chi connectivity index (χ2n) is 11.0. The second-order valence-corrected chi connectivity index (χ2v) is 11.4. The molecular weight excluding hydrogens is 534 g/mol. The summed E-state index contributed by atoms with van der Waals surface area (Å²) in [6.45, 7) is 11.3. The summed E-state index contributed by atoms with van der Waals surface area (Å²) < 4.78 is 17.6. The first-order valence-corrected chi connectivity index (χ1v) is 13.0. The summed E-state index contributed by atoms with van der Waals surface area (Å²) in [5.41, 5.74) is 0.973. The molecule has 0 saturated heterocycles. The summed E-state index contributed by atoms with van der Waals surface area (Å²) in [6, 6.07) is 14.6. The van der Waals surface area contributed by atoms with Crippen molar-refractivity contribution < 1.29 is 23.5 Å². The zero-order valence-electron chi connectivity index (χ0n) is 23.7. The Balaban J connectivity index is 0.000000559. The number of nitrogens with zero attached hydrogens (tertiary/aromatic N) is 3. The van der Waals surface area contributed by atoms with Crippen LogP contribution in [-0.4, -0.2) is 45.3 Å². The highest BCUT2D eigenvalue weighted by Gasteiger charge is 2.26. The number of amides is 1. The monoisotopic (exact) mass is 567 g/mol. The Bertz CT molecular complexity index is 1520. The minimum absolute atomic E-state index is 0.00312. The van der Waals surface area contributed by atoms with Gasteiger partial charge in [0.1, 0.15) is 23.2 Å². The number of benzene rings is 2. The fraction of sp³-hybridized carbons (Fsp3) is 0.333. The normalized spacial score (nSPS) is 11.4. The number of hydrogen-bond acceptors (Lipinski definition) is 7. The van der Waals surface area contributed by atoms with Gasteiger partial charge in [0.25, 0.3) is 6.47 Å². The summed E-state index contributed by atoms with van der Waals surface area (Å²) >= 11 is 6.31. The van der Waals surface area contributed by atoms with Crippen LogP contribution in [0.3, 0.4) is 0 Å². The van der Waals surface area contributed by atoms with Crippen LogP contribution >= 0.6 is 11.6 Å². The van der Waals surface area contributed by atoms with Crippen LogP contribution in [0.4, 0.5) is 4.79 Å². The van der Waals surface area contributed by atoms with Gasteiger partial charge in [-0.25, -0.2) is 9.78 Å². The fourth-order valence-corrected chi connectivity index (χ4v) is 3.92.